The molecule has 1 heterocycles. The molecule has 0 spiro atoms. The molecule has 0 bridgehead atoms. The Kier molecular flexibility index (Phi) is 4.00. The van der Waals surface area contributed by atoms with Gasteiger partial charge >= 0.3 is 5.63 Å². The fourth-order valence-corrected chi connectivity index (χ4v) is 2.49. The highest BCUT2D eigenvalue weighted by molar-refractivity contribution is 9.10. The SMILES string of the molecule is O=C(Nc1ccc(Cl)cc1)c1cc2cc(Br)ccc2oc1=O. The maximum absolute atomic E-state index is 12.2. The second kappa shape index (κ2) is 5.94. The Bertz CT molecular complexity index is 919. The van der Waals surface area contributed by atoms with E-state index in [-0.39, 0.29) is 5.56 Å². The molecule has 6 heteroatoms. The third-order valence-corrected chi connectivity index (χ3v) is 3.79. The van der Waals surface area contributed by atoms with Gasteiger partial charge in [0, 0.05) is 20.6 Å². The van der Waals surface area contributed by atoms with E-state index < -0.39 is 11.5 Å². The molecular formula is C16H9BrClNO3. The molecule has 4 nitrogen and oxygen atoms in total. The van der Waals surface area contributed by atoms with Crippen LogP contribution in [0, 0.1) is 0 Å². The number of hydrogen-bond acceptors (Lipinski definition) is 3. The van der Waals surface area contributed by atoms with Crippen LogP contribution in [-0.4, -0.2) is 5.91 Å². The molecule has 0 saturated carbocycles. The molecule has 110 valence electrons. The van der Waals surface area contributed by atoms with Gasteiger partial charge in [0.25, 0.3) is 5.91 Å². The molecule has 1 N–H and O–H groups in total. The molecule has 0 fully saturated rings. The number of hydrogen-bond donors (Lipinski definition) is 1. The first kappa shape index (κ1) is 14.8. The van der Waals surface area contributed by atoms with Crippen LogP contribution in [-0.2, 0) is 0 Å². The Morgan fingerprint density at radius 3 is 2.55 bits per heavy atom. The monoisotopic (exact) mass is 377 g/mol. The second-order valence-corrected chi connectivity index (χ2v) is 5.94. The minimum Gasteiger partial charge on any atom is -0.422 e. The summed E-state index contributed by atoms with van der Waals surface area (Å²) in [6.07, 6.45) is 0. The summed E-state index contributed by atoms with van der Waals surface area (Å²) in [5.74, 6) is -0.530. The van der Waals surface area contributed by atoms with E-state index in [1.807, 2.05) is 0 Å². The van der Waals surface area contributed by atoms with Crippen molar-refractivity contribution >= 4 is 50.1 Å². The highest BCUT2D eigenvalue weighted by Crippen LogP contribution is 2.20. The molecule has 0 radical (unpaired) electrons. The lowest BCUT2D eigenvalue weighted by atomic mass is 10.1. The van der Waals surface area contributed by atoms with Crippen LogP contribution in [0.4, 0.5) is 5.69 Å². The minimum absolute atomic E-state index is 0.0550. The highest BCUT2D eigenvalue weighted by Gasteiger charge is 2.14. The van der Waals surface area contributed by atoms with Crippen molar-refractivity contribution in [3.05, 3.63) is 74.0 Å². The van der Waals surface area contributed by atoms with E-state index in [1.54, 1.807) is 42.5 Å². The molecule has 1 amide bonds. The summed E-state index contributed by atoms with van der Waals surface area (Å²) in [7, 11) is 0. The van der Waals surface area contributed by atoms with E-state index in [2.05, 4.69) is 21.2 Å². The van der Waals surface area contributed by atoms with E-state index >= 15 is 0 Å². The Morgan fingerprint density at radius 1 is 1.09 bits per heavy atom. The van der Waals surface area contributed by atoms with Gasteiger partial charge in [0.2, 0.25) is 0 Å². The van der Waals surface area contributed by atoms with Gasteiger partial charge in [-0.05, 0) is 48.5 Å². The fourth-order valence-electron chi connectivity index (χ4n) is 1.98. The molecule has 3 aromatic rings. The normalized spacial score (nSPS) is 10.6. The van der Waals surface area contributed by atoms with Crippen molar-refractivity contribution in [2.45, 2.75) is 0 Å². The molecule has 0 aliphatic rings. The number of nitrogens with one attached hydrogen (secondary N) is 1. The second-order valence-electron chi connectivity index (χ2n) is 4.59. The summed E-state index contributed by atoms with van der Waals surface area (Å²) in [6.45, 7) is 0. The van der Waals surface area contributed by atoms with Gasteiger partial charge in [0.1, 0.15) is 11.1 Å². The van der Waals surface area contributed by atoms with Crippen LogP contribution in [0.25, 0.3) is 11.0 Å². The number of benzene rings is 2. The molecule has 22 heavy (non-hydrogen) atoms. The lowest BCUT2D eigenvalue weighted by Gasteiger charge is -2.05. The topological polar surface area (TPSA) is 59.3 Å². The van der Waals surface area contributed by atoms with Crippen molar-refractivity contribution in [1.82, 2.24) is 0 Å². The molecule has 0 aliphatic heterocycles. The largest absolute Gasteiger partial charge is 0.422 e. The van der Waals surface area contributed by atoms with Crippen molar-refractivity contribution in [2.24, 2.45) is 0 Å². The Balaban J connectivity index is 1.98. The molecular weight excluding hydrogens is 370 g/mol. The first-order valence-corrected chi connectivity index (χ1v) is 7.50. The fraction of sp³-hybridized carbons (Fsp3) is 0. The summed E-state index contributed by atoms with van der Waals surface area (Å²) in [5, 5.41) is 3.86. The van der Waals surface area contributed by atoms with E-state index in [1.165, 1.54) is 6.07 Å². The molecule has 0 saturated heterocycles. The lowest BCUT2D eigenvalue weighted by Crippen LogP contribution is -2.20. The summed E-state index contributed by atoms with van der Waals surface area (Å²) < 4.78 is 6.00. The van der Waals surface area contributed by atoms with Crippen molar-refractivity contribution in [2.75, 3.05) is 5.32 Å². The van der Waals surface area contributed by atoms with Crippen molar-refractivity contribution in [3.8, 4) is 0 Å². The van der Waals surface area contributed by atoms with Crippen LogP contribution in [0.3, 0.4) is 0 Å². The van der Waals surface area contributed by atoms with Gasteiger partial charge in [0.05, 0.1) is 0 Å². The third-order valence-electron chi connectivity index (χ3n) is 3.04. The summed E-state index contributed by atoms with van der Waals surface area (Å²) in [6, 6.07) is 13.3. The van der Waals surface area contributed by atoms with Crippen LogP contribution < -0.4 is 10.9 Å². The average molecular weight is 379 g/mol. The van der Waals surface area contributed by atoms with Crippen molar-refractivity contribution in [3.63, 3.8) is 0 Å². The first-order chi connectivity index (χ1) is 10.5. The van der Waals surface area contributed by atoms with Gasteiger partial charge in [-0.25, -0.2) is 4.79 Å². The molecule has 1 aromatic heterocycles. The summed E-state index contributed by atoms with van der Waals surface area (Å²) in [5.41, 5.74) is 0.237. The van der Waals surface area contributed by atoms with Crippen LogP contribution in [0.2, 0.25) is 5.02 Å². The maximum atomic E-state index is 12.2. The average Bonchev–Trinajstić information content (AvgIpc) is 2.49. The molecule has 2 aromatic carbocycles. The number of carbonyl (C=O) groups is 1. The van der Waals surface area contributed by atoms with Gasteiger partial charge in [-0.15, -0.1) is 0 Å². The molecule has 0 unspecified atom stereocenters. The maximum Gasteiger partial charge on any atom is 0.349 e. The quantitative estimate of drug-likeness (QED) is 0.670. The minimum atomic E-state index is -0.679. The number of carbonyl (C=O) groups excluding carboxylic acids is 1. The number of rotatable bonds is 2. The van der Waals surface area contributed by atoms with Crippen molar-refractivity contribution < 1.29 is 9.21 Å². The zero-order chi connectivity index (χ0) is 15.7. The zero-order valence-corrected chi connectivity index (χ0v) is 13.4. The van der Waals surface area contributed by atoms with Crippen LogP contribution in [0.5, 0.6) is 0 Å². The van der Waals surface area contributed by atoms with Crippen molar-refractivity contribution in [1.29, 1.82) is 0 Å². The smallest absolute Gasteiger partial charge is 0.349 e. The van der Waals surface area contributed by atoms with Crippen LogP contribution in [0.15, 0.2) is 62.2 Å². The molecule has 0 atom stereocenters. The Hall–Kier alpha value is -2.11. The molecule has 3 rings (SSSR count). The Morgan fingerprint density at radius 2 is 1.82 bits per heavy atom. The zero-order valence-electron chi connectivity index (χ0n) is 11.1. The number of halogens is 2. The Labute approximate surface area is 138 Å². The molecule has 0 aliphatic carbocycles. The third kappa shape index (κ3) is 3.05. The van der Waals surface area contributed by atoms with E-state index in [9.17, 15) is 9.59 Å². The first-order valence-electron chi connectivity index (χ1n) is 6.33. The van der Waals surface area contributed by atoms with Gasteiger partial charge in [-0.2, -0.15) is 0 Å². The number of fused-ring (bicyclic) bond motifs is 1. The van der Waals surface area contributed by atoms with Crippen LogP contribution >= 0.6 is 27.5 Å². The van der Waals surface area contributed by atoms with E-state index in [4.69, 9.17) is 16.0 Å². The van der Waals surface area contributed by atoms with Gasteiger partial charge in [-0.1, -0.05) is 27.5 Å². The number of anilines is 1. The number of amides is 1. The lowest BCUT2D eigenvalue weighted by molar-refractivity contribution is 0.102. The van der Waals surface area contributed by atoms with Gasteiger partial charge in [-0.3, -0.25) is 4.79 Å². The standard InChI is InChI=1S/C16H9BrClNO3/c17-10-1-6-14-9(7-10)8-13(16(21)22-14)15(20)19-12-4-2-11(18)3-5-12/h1-8H,(H,19,20). The van der Waals surface area contributed by atoms with E-state index in [0.29, 0.717) is 21.7 Å². The highest BCUT2D eigenvalue weighted by atomic mass is 79.9. The summed E-state index contributed by atoms with van der Waals surface area (Å²) in [4.78, 5) is 24.2. The summed E-state index contributed by atoms with van der Waals surface area (Å²) >= 11 is 9.13. The van der Waals surface area contributed by atoms with Gasteiger partial charge < -0.3 is 9.73 Å². The predicted octanol–water partition coefficient (Wildman–Crippen LogP) is 4.46. The predicted molar refractivity (Wildman–Crippen MR) is 89.6 cm³/mol. The van der Waals surface area contributed by atoms with Gasteiger partial charge in [0.15, 0.2) is 0 Å². The van der Waals surface area contributed by atoms with Crippen LogP contribution in [0.1, 0.15) is 10.4 Å². The van der Waals surface area contributed by atoms with E-state index in [0.717, 1.165) is 4.47 Å².